The van der Waals surface area contributed by atoms with E-state index in [4.69, 9.17) is 23.8 Å². The summed E-state index contributed by atoms with van der Waals surface area (Å²) >= 11 is 5.97. The highest BCUT2D eigenvalue weighted by Gasteiger charge is 2.18. The smallest absolute Gasteiger partial charge is 0.339 e. The van der Waals surface area contributed by atoms with Gasteiger partial charge < -0.3 is 10.5 Å². The first kappa shape index (κ1) is 11.4. The van der Waals surface area contributed by atoms with E-state index in [2.05, 4.69) is 10.7 Å². The first-order chi connectivity index (χ1) is 7.02. The zero-order valence-electron chi connectivity index (χ0n) is 8.43. The van der Waals surface area contributed by atoms with Crippen molar-refractivity contribution >= 4 is 23.3 Å². The molecule has 0 unspecified atom stereocenters. The lowest BCUT2D eigenvalue weighted by atomic mass is 10.0. The lowest BCUT2D eigenvalue weighted by Gasteiger charge is -2.10. The number of nitrogens with two attached hydrogens (primary N) is 1. The lowest BCUT2D eigenvalue weighted by Crippen LogP contribution is -2.07. The average molecular weight is 224 g/mol. The molecule has 3 nitrogen and oxygen atoms in total. The summed E-state index contributed by atoms with van der Waals surface area (Å²) in [6, 6.07) is 1.60. The van der Waals surface area contributed by atoms with Gasteiger partial charge in [0, 0.05) is 5.69 Å². The molecule has 0 aromatic heterocycles. The van der Waals surface area contributed by atoms with E-state index in [1.54, 1.807) is 13.0 Å². The van der Waals surface area contributed by atoms with E-state index in [1.807, 2.05) is 0 Å². The molecule has 1 rings (SSSR count). The molecular weight excluding hydrogens is 214 g/mol. The van der Waals surface area contributed by atoms with Crippen LogP contribution in [0.15, 0.2) is 6.07 Å². The van der Waals surface area contributed by atoms with E-state index < -0.39 is 5.97 Å². The Bertz CT molecular complexity index is 461. The Balaban J connectivity index is 3.54. The van der Waals surface area contributed by atoms with Gasteiger partial charge in [-0.3, -0.25) is 0 Å². The van der Waals surface area contributed by atoms with Gasteiger partial charge in [-0.05, 0) is 18.6 Å². The molecular formula is C11H10ClNO2. The third-order valence-corrected chi connectivity index (χ3v) is 2.41. The van der Waals surface area contributed by atoms with E-state index in [-0.39, 0.29) is 10.6 Å². The van der Waals surface area contributed by atoms with Gasteiger partial charge in [0.1, 0.15) is 0 Å². The minimum atomic E-state index is -0.519. The molecule has 0 amide bonds. The van der Waals surface area contributed by atoms with Crippen LogP contribution in [-0.2, 0) is 4.74 Å². The molecule has 78 valence electrons. The normalized spacial score (nSPS) is 9.47. The molecule has 0 fully saturated rings. The summed E-state index contributed by atoms with van der Waals surface area (Å²) < 4.78 is 4.60. The molecule has 0 atom stereocenters. The van der Waals surface area contributed by atoms with Crippen LogP contribution in [-0.4, -0.2) is 13.1 Å². The minimum Gasteiger partial charge on any atom is -0.465 e. The fourth-order valence-electron chi connectivity index (χ4n) is 1.30. The number of ether oxygens (including phenoxy) is 1. The molecule has 0 saturated heterocycles. The molecule has 1 aromatic carbocycles. The standard InChI is InChI=1S/C11H10ClNO2/c1-4-7-8(13)5-6(2)9(10(7)12)11(14)15-3/h1,5H,13H2,2-3H3. The topological polar surface area (TPSA) is 52.3 Å². The molecule has 0 aliphatic heterocycles. The first-order valence-corrected chi connectivity index (χ1v) is 4.54. The predicted molar refractivity (Wildman–Crippen MR) is 59.9 cm³/mol. The van der Waals surface area contributed by atoms with Gasteiger partial charge >= 0.3 is 5.97 Å². The predicted octanol–water partition coefficient (Wildman–Crippen LogP) is 2.00. The van der Waals surface area contributed by atoms with E-state index in [0.29, 0.717) is 16.8 Å². The summed E-state index contributed by atoms with van der Waals surface area (Å²) in [5, 5.41) is 0.168. The van der Waals surface area contributed by atoms with Gasteiger partial charge in [0.25, 0.3) is 0 Å². The van der Waals surface area contributed by atoms with Crippen LogP contribution in [0.2, 0.25) is 5.02 Å². The van der Waals surface area contributed by atoms with Crippen molar-refractivity contribution in [2.75, 3.05) is 12.8 Å². The number of carbonyl (C=O) groups excluding carboxylic acids is 1. The molecule has 2 N–H and O–H groups in total. The van der Waals surface area contributed by atoms with Crippen LogP contribution < -0.4 is 5.73 Å². The molecule has 0 saturated carbocycles. The average Bonchev–Trinajstić information content (AvgIpc) is 2.17. The molecule has 0 spiro atoms. The Morgan fingerprint density at radius 1 is 1.67 bits per heavy atom. The van der Waals surface area contributed by atoms with Crippen molar-refractivity contribution in [3.63, 3.8) is 0 Å². The fraction of sp³-hybridized carbons (Fsp3) is 0.182. The summed E-state index contributed by atoms with van der Waals surface area (Å²) in [7, 11) is 1.28. The zero-order valence-corrected chi connectivity index (χ0v) is 9.18. The first-order valence-electron chi connectivity index (χ1n) is 4.16. The Morgan fingerprint density at radius 3 is 2.73 bits per heavy atom. The third-order valence-electron chi connectivity index (χ3n) is 2.03. The van der Waals surface area contributed by atoms with Gasteiger partial charge in [-0.1, -0.05) is 17.5 Å². The number of aryl methyl sites for hydroxylation is 1. The highest BCUT2D eigenvalue weighted by atomic mass is 35.5. The van der Waals surface area contributed by atoms with Gasteiger partial charge in [0.15, 0.2) is 0 Å². The molecule has 15 heavy (non-hydrogen) atoms. The van der Waals surface area contributed by atoms with Crippen LogP contribution >= 0.6 is 11.6 Å². The number of terminal acetylenes is 1. The SMILES string of the molecule is C#Cc1c(N)cc(C)c(C(=O)OC)c1Cl. The molecule has 1 aromatic rings. The number of carbonyl (C=O) groups is 1. The van der Waals surface area contributed by atoms with Crippen molar-refractivity contribution < 1.29 is 9.53 Å². The van der Waals surface area contributed by atoms with Crippen molar-refractivity contribution in [1.82, 2.24) is 0 Å². The Morgan fingerprint density at radius 2 is 2.27 bits per heavy atom. The van der Waals surface area contributed by atoms with Crippen molar-refractivity contribution in [2.24, 2.45) is 0 Å². The summed E-state index contributed by atoms with van der Waals surface area (Å²) in [5.74, 6) is 1.83. The van der Waals surface area contributed by atoms with Crippen LogP contribution in [0.5, 0.6) is 0 Å². The van der Waals surface area contributed by atoms with Gasteiger partial charge in [-0.25, -0.2) is 4.79 Å². The van der Waals surface area contributed by atoms with Crippen molar-refractivity contribution in [3.8, 4) is 12.3 Å². The second-order valence-electron chi connectivity index (χ2n) is 2.98. The maximum absolute atomic E-state index is 11.4. The van der Waals surface area contributed by atoms with Gasteiger partial charge in [0.2, 0.25) is 0 Å². The van der Waals surface area contributed by atoms with E-state index >= 15 is 0 Å². The van der Waals surface area contributed by atoms with Crippen LogP contribution in [0.4, 0.5) is 5.69 Å². The summed E-state index contributed by atoms with van der Waals surface area (Å²) in [4.78, 5) is 11.4. The van der Waals surface area contributed by atoms with Crippen molar-refractivity contribution in [1.29, 1.82) is 0 Å². The number of rotatable bonds is 1. The van der Waals surface area contributed by atoms with E-state index in [9.17, 15) is 4.79 Å². The molecule has 0 aliphatic rings. The molecule has 0 bridgehead atoms. The zero-order chi connectivity index (χ0) is 11.6. The van der Waals surface area contributed by atoms with Gasteiger partial charge in [0.05, 0.1) is 23.3 Å². The highest BCUT2D eigenvalue weighted by Crippen LogP contribution is 2.29. The monoisotopic (exact) mass is 223 g/mol. The van der Waals surface area contributed by atoms with Crippen LogP contribution in [0.1, 0.15) is 21.5 Å². The molecule has 4 heteroatoms. The minimum absolute atomic E-state index is 0.168. The maximum atomic E-state index is 11.4. The number of halogens is 1. The quantitative estimate of drug-likeness (QED) is 0.450. The number of esters is 1. The second-order valence-corrected chi connectivity index (χ2v) is 3.36. The van der Waals surface area contributed by atoms with Crippen LogP contribution in [0, 0.1) is 19.3 Å². The Labute approximate surface area is 93.2 Å². The van der Waals surface area contributed by atoms with E-state index in [1.165, 1.54) is 7.11 Å². The summed E-state index contributed by atoms with van der Waals surface area (Å²) in [5.41, 5.74) is 7.28. The van der Waals surface area contributed by atoms with Crippen LogP contribution in [0.25, 0.3) is 0 Å². The van der Waals surface area contributed by atoms with Crippen LogP contribution in [0.3, 0.4) is 0 Å². The number of hydrogen-bond donors (Lipinski definition) is 1. The second kappa shape index (κ2) is 4.24. The number of hydrogen-bond acceptors (Lipinski definition) is 3. The number of nitrogen functional groups attached to an aromatic ring is 1. The molecule has 0 heterocycles. The van der Waals surface area contributed by atoms with Crippen molar-refractivity contribution in [2.45, 2.75) is 6.92 Å². The van der Waals surface area contributed by atoms with Crippen molar-refractivity contribution in [3.05, 3.63) is 27.8 Å². The third kappa shape index (κ3) is 1.90. The summed E-state index contributed by atoms with van der Waals surface area (Å²) in [6.45, 7) is 1.72. The Hall–Kier alpha value is -1.66. The number of benzene rings is 1. The molecule has 0 aliphatic carbocycles. The highest BCUT2D eigenvalue weighted by molar-refractivity contribution is 6.35. The van der Waals surface area contributed by atoms with Gasteiger partial charge in [-0.15, -0.1) is 6.42 Å². The van der Waals surface area contributed by atoms with Gasteiger partial charge in [-0.2, -0.15) is 0 Å². The maximum Gasteiger partial charge on any atom is 0.339 e. The van der Waals surface area contributed by atoms with E-state index in [0.717, 1.165) is 0 Å². The number of methoxy groups -OCH3 is 1. The summed E-state index contributed by atoms with van der Waals surface area (Å²) in [6.07, 6.45) is 5.25. The lowest BCUT2D eigenvalue weighted by molar-refractivity contribution is 0.0600. The Kier molecular flexibility index (Phi) is 3.23. The molecule has 0 radical (unpaired) electrons. The number of anilines is 1. The fourth-order valence-corrected chi connectivity index (χ4v) is 1.69. The largest absolute Gasteiger partial charge is 0.465 e.